The predicted octanol–water partition coefficient (Wildman–Crippen LogP) is 1.49. The maximum Gasteiger partial charge on any atom is 0.152 e. The number of sulfone groups is 1. The molecule has 0 amide bonds. The van der Waals surface area contributed by atoms with Crippen LogP contribution in [-0.2, 0) is 9.84 Å². The van der Waals surface area contributed by atoms with Gasteiger partial charge in [-0.05, 0) is 31.0 Å². The lowest BCUT2D eigenvalue weighted by atomic mass is 10.1. The maximum atomic E-state index is 11.5. The molecule has 18 heavy (non-hydrogen) atoms. The molecule has 4 nitrogen and oxygen atoms in total. The molecule has 1 atom stereocenters. The molecule has 0 radical (unpaired) electrons. The van der Waals surface area contributed by atoms with Crippen LogP contribution in [0.2, 0.25) is 0 Å². The minimum Gasteiger partial charge on any atom is -0.369 e. The quantitative estimate of drug-likeness (QED) is 0.812. The van der Waals surface area contributed by atoms with E-state index in [2.05, 4.69) is 6.07 Å². The zero-order valence-electron chi connectivity index (χ0n) is 10.5. The monoisotopic (exact) mass is 264 g/mol. The number of hydrogen-bond acceptors (Lipinski definition) is 4. The molecule has 1 aliphatic heterocycles. The van der Waals surface area contributed by atoms with Crippen molar-refractivity contribution in [2.75, 3.05) is 23.5 Å². The Morgan fingerprint density at radius 2 is 2.17 bits per heavy atom. The molecule has 1 saturated heterocycles. The van der Waals surface area contributed by atoms with Gasteiger partial charge in [-0.2, -0.15) is 5.26 Å². The Hall–Kier alpha value is -1.54. The fourth-order valence-corrected chi connectivity index (χ4v) is 4.10. The van der Waals surface area contributed by atoms with Gasteiger partial charge in [-0.1, -0.05) is 6.07 Å². The Labute approximate surface area is 108 Å². The van der Waals surface area contributed by atoms with Crippen molar-refractivity contribution >= 4 is 15.5 Å². The molecule has 1 fully saturated rings. The Balaban J connectivity index is 2.30. The molecule has 0 bridgehead atoms. The van der Waals surface area contributed by atoms with Crippen LogP contribution in [0.3, 0.4) is 0 Å². The zero-order valence-corrected chi connectivity index (χ0v) is 11.4. The van der Waals surface area contributed by atoms with Crippen molar-refractivity contribution < 1.29 is 8.42 Å². The summed E-state index contributed by atoms with van der Waals surface area (Å²) in [5.74, 6) is 0.429. The van der Waals surface area contributed by atoms with Crippen LogP contribution >= 0.6 is 0 Å². The largest absolute Gasteiger partial charge is 0.369 e. The van der Waals surface area contributed by atoms with Crippen LogP contribution in [0.4, 0.5) is 5.69 Å². The Kier molecular flexibility index (Phi) is 3.31. The van der Waals surface area contributed by atoms with E-state index in [0.29, 0.717) is 12.0 Å². The summed E-state index contributed by atoms with van der Waals surface area (Å²) >= 11 is 0. The van der Waals surface area contributed by atoms with E-state index in [1.165, 1.54) is 0 Å². The van der Waals surface area contributed by atoms with E-state index in [-0.39, 0.29) is 17.5 Å². The SMILES string of the molecule is Cc1ccc(N(C)C2CCS(=O)(=O)C2)c(C#N)c1. The van der Waals surface area contributed by atoms with E-state index < -0.39 is 9.84 Å². The number of benzene rings is 1. The van der Waals surface area contributed by atoms with E-state index in [1.54, 1.807) is 0 Å². The van der Waals surface area contributed by atoms with Gasteiger partial charge in [0.1, 0.15) is 6.07 Å². The first kappa shape index (κ1) is 12.9. The van der Waals surface area contributed by atoms with Crippen LogP contribution in [0.15, 0.2) is 18.2 Å². The second-order valence-electron chi connectivity index (χ2n) is 4.80. The number of aryl methyl sites for hydroxylation is 1. The fraction of sp³-hybridized carbons (Fsp3) is 0.462. The van der Waals surface area contributed by atoms with Gasteiger partial charge in [0.05, 0.1) is 22.8 Å². The summed E-state index contributed by atoms with van der Waals surface area (Å²) in [5.41, 5.74) is 2.44. The molecule has 0 saturated carbocycles. The average molecular weight is 264 g/mol. The molecule has 5 heteroatoms. The van der Waals surface area contributed by atoms with Gasteiger partial charge in [0.25, 0.3) is 0 Å². The number of rotatable bonds is 2. The number of anilines is 1. The number of hydrogen-bond donors (Lipinski definition) is 0. The number of nitriles is 1. The first-order valence-corrected chi connectivity index (χ1v) is 7.69. The van der Waals surface area contributed by atoms with Crippen LogP contribution in [0.5, 0.6) is 0 Å². The molecule has 0 N–H and O–H groups in total. The normalized spacial score (nSPS) is 21.5. The van der Waals surface area contributed by atoms with Gasteiger partial charge in [-0.25, -0.2) is 8.42 Å². The van der Waals surface area contributed by atoms with Gasteiger partial charge < -0.3 is 4.90 Å². The standard InChI is InChI=1S/C13H16N2O2S/c1-10-3-4-13(11(7-10)8-14)15(2)12-5-6-18(16,17)9-12/h3-4,7,12H,5-6,9H2,1-2H3. The highest BCUT2D eigenvalue weighted by molar-refractivity contribution is 7.91. The van der Waals surface area contributed by atoms with Crippen molar-refractivity contribution in [1.82, 2.24) is 0 Å². The minimum atomic E-state index is -2.90. The lowest BCUT2D eigenvalue weighted by molar-refractivity contribution is 0.601. The zero-order chi connectivity index (χ0) is 13.3. The van der Waals surface area contributed by atoms with Crippen molar-refractivity contribution in [3.63, 3.8) is 0 Å². The molecule has 2 rings (SSSR count). The van der Waals surface area contributed by atoms with Crippen molar-refractivity contribution in [2.45, 2.75) is 19.4 Å². The molecule has 0 aliphatic carbocycles. The fourth-order valence-electron chi connectivity index (χ4n) is 2.32. The molecule has 1 heterocycles. The van der Waals surface area contributed by atoms with Crippen LogP contribution in [-0.4, -0.2) is 33.0 Å². The summed E-state index contributed by atoms with van der Waals surface area (Å²) in [6, 6.07) is 7.80. The van der Waals surface area contributed by atoms with Crippen molar-refractivity contribution in [3.8, 4) is 6.07 Å². The summed E-state index contributed by atoms with van der Waals surface area (Å²) in [6.07, 6.45) is 0.636. The Morgan fingerprint density at radius 1 is 1.44 bits per heavy atom. The van der Waals surface area contributed by atoms with Gasteiger partial charge in [-0.15, -0.1) is 0 Å². The van der Waals surface area contributed by atoms with Crippen molar-refractivity contribution in [2.24, 2.45) is 0 Å². The summed E-state index contributed by atoms with van der Waals surface area (Å²) in [5, 5.41) is 9.14. The smallest absolute Gasteiger partial charge is 0.152 e. The van der Waals surface area contributed by atoms with Gasteiger partial charge >= 0.3 is 0 Å². The molecule has 1 aromatic rings. The third-order valence-corrected chi connectivity index (χ3v) is 5.16. The summed E-state index contributed by atoms with van der Waals surface area (Å²) in [6.45, 7) is 1.94. The number of nitrogens with zero attached hydrogens (tertiary/aromatic N) is 2. The molecule has 96 valence electrons. The second kappa shape index (κ2) is 4.62. The summed E-state index contributed by atoms with van der Waals surface area (Å²) < 4.78 is 23.0. The predicted molar refractivity (Wildman–Crippen MR) is 71.4 cm³/mol. The lowest BCUT2D eigenvalue weighted by Gasteiger charge is -2.26. The first-order valence-electron chi connectivity index (χ1n) is 5.87. The van der Waals surface area contributed by atoms with Crippen LogP contribution in [0.25, 0.3) is 0 Å². The summed E-state index contributed by atoms with van der Waals surface area (Å²) in [4.78, 5) is 1.92. The highest BCUT2D eigenvalue weighted by Crippen LogP contribution is 2.26. The molecule has 1 unspecified atom stereocenters. The molecular weight excluding hydrogens is 248 g/mol. The average Bonchev–Trinajstić information content (AvgIpc) is 2.68. The van der Waals surface area contributed by atoms with Crippen LogP contribution in [0.1, 0.15) is 17.5 Å². The van der Waals surface area contributed by atoms with E-state index in [1.807, 2.05) is 37.1 Å². The first-order chi connectivity index (χ1) is 8.43. The highest BCUT2D eigenvalue weighted by Gasteiger charge is 2.31. The third-order valence-electron chi connectivity index (χ3n) is 3.41. The van der Waals surface area contributed by atoms with Crippen LogP contribution < -0.4 is 4.90 Å². The lowest BCUT2D eigenvalue weighted by Crippen LogP contribution is -2.33. The van der Waals surface area contributed by atoms with E-state index >= 15 is 0 Å². The highest BCUT2D eigenvalue weighted by atomic mass is 32.2. The molecule has 1 aliphatic rings. The van der Waals surface area contributed by atoms with E-state index in [4.69, 9.17) is 5.26 Å². The summed E-state index contributed by atoms with van der Waals surface area (Å²) in [7, 11) is -1.04. The van der Waals surface area contributed by atoms with Gasteiger partial charge in [-0.3, -0.25) is 0 Å². The third kappa shape index (κ3) is 2.49. The van der Waals surface area contributed by atoms with Crippen molar-refractivity contribution in [3.05, 3.63) is 29.3 Å². The molecular formula is C13H16N2O2S. The van der Waals surface area contributed by atoms with Gasteiger partial charge in [0, 0.05) is 13.1 Å². The Bertz CT molecular complexity index is 602. The van der Waals surface area contributed by atoms with Crippen molar-refractivity contribution in [1.29, 1.82) is 5.26 Å². The topological polar surface area (TPSA) is 61.2 Å². The van der Waals surface area contributed by atoms with Crippen LogP contribution in [0, 0.1) is 18.3 Å². The Morgan fingerprint density at radius 3 is 2.72 bits per heavy atom. The molecule has 0 spiro atoms. The molecule has 1 aromatic carbocycles. The maximum absolute atomic E-state index is 11.5. The molecule has 0 aromatic heterocycles. The van der Waals surface area contributed by atoms with Gasteiger partial charge in [0.2, 0.25) is 0 Å². The van der Waals surface area contributed by atoms with Gasteiger partial charge in [0.15, 0.2) is 9.84 Å². The van der Waals surface area contributed by atoms with E-state index in [9.17, 15) is 8.42 Å². The minimum absolute atomic E-state index is 0.0233. The van der Waals surface area contributed by atoms with E-state index in [0.717, 1.165) is 11.3 Å². The second-order valence-corrected chi connectivity index (χ2v) is 7.03.